The number of carboxylic acid groups (broad SMARTS) is 1. The molecule has 82 valence electrons. The zero-order valence-corrected chi connectivity index (χ0v) is 7.16. The van der Waals surface area contributed by atoms with Crippen LogP contribution in [0.5, 0.6) is 0 Å². The normalized spacial score (nSPS) is 17.1. The second-order valence-corrected chi connectivity index (χ2v) is 2.72. The van der Waals surface area contributed by atoms with Gasteiger partial charge in [-0.25, -0.2) is 0 Å². The summed E-state index contributed by atoms with van der Waals surface area (Å²) in [7, 11) is 0. The topological polar surface area (TPSA) is 138 Å². The van der Waals surface area contributed by atoms with E-state index in [0.29, 0.717) is 0 Å². The first-order valence-electron chi connectivity index (χ1n) is 3.79. The monoisotopic (exact) mass is 207 g/mol. The van der Waals surface area contributed by atoms with E-state index in [1.54, 1.807) is 0 Å². The van der Waals surface area contributed by atoms with Crippen molar-refractivity contribution < 1.29 is 35.1 Å². The van der Waals surface area contributed by atoms with Gasteiger partial charge in [0.25, 0.3) is 0 Å². The fourth-order valence-electron chi connectivity index (χ4n) is 0.758. The third-order valence-corrected chi connectivity index (χ3v) is 1.60. The van der Waals surface area contributed by atoms with E-state index in [4.69, 9.17) is 20.4 Å². The minimum atomic E-state index is -1.98. The Morgan fingerprint density at radius 3 is 2.00 bits per heavy atom. The van der Waals surface area contributed by atoms with Gasteiger partial charge in [-0.05, 0) is 0 Å². The summed E-state index contributed by atoms with van der Waals surface area (Å²) >= 11 is 0. The van der Waals surface area contributed by atoms with Gasteiger partial charge in [-0.2, -0.15) is 0 Å². The predicted octanol–water partition coefficient (Wildman–Crippen LogP) is -4.23. The lowest BCUT2D eigenvalue weighted by molar-refractivity contribution is -0.300. The van der Waals surface area contributed by atoms with Gasteiger partial charge in [0.1, 0.15) is 18.2 Å². The van der Waals surface area contributed by atoms with E-state index in [0.717, 1.165) is 0 Å². The number of carbonyl (C=O) groups excluding carboxylic acids is 2. The van der Waals surface area contributed by atoms with Crippen molar-refractivity contribution in [3.8, 4) is 0 Å². The molecule has 7 nitrogen and oxygen atoms in total. The Hall–Kier alpha value is -1.02. The third kappa shape index (κ3) is 3.79. The molecule has 0 bridgehead atoms. The largest absolute Gasteiger partial charge is 0.542 e. The second-order valence-electron chi connectivity index (χ2n) is 2.72. The number of Topliss-reactive ketones (excluding diaryl/α,β-unsaturated/α-hetero) is 1. The van der Waals surface area contributed by atoms with E-state index >= 15 is 0 Å². The molecule has 0 aliphatic rings. The van der Waals surface area contributed by atoms with E-state index < -0.39 is 43.1 Å². The molecule has 0 saturated heterocycles. The number of carboxylic acids is 1. The molecule has 0 aliphatic carbocycles. The van der Waals surface area contributed by atoms with Gasteiger partial charge in [-0.3, -0.25) is 4.79 Å². The summed E-state index contributed by atoms with van der Waals surface area (Å²) in [6.45, 7) is -0.808. The van der Waals surface area contributed by atoms with Gasteiger partial charge in [-0.1, -0.05) is 0 Å². The van der Waals surface area contributed by atoms with Crippen molar-refractivity contribution in [2.75, 3.05) is 6.61 Å². The lowest BCUT2D eigenvalue weighted by Crippen LogP contribution is -2.43. The molecule has 0 aliphatic heterocycles. The van der Waals surface area contributed by atoms with Gasteiger partial charge in [0, 0.05) is 6.42 Å². The fourth-order valence-corrected chi connectivity index (χ4v) is 0.758. The number of hydrogen-bond donors (Lipinski definition) is 4. The minimum Gasteiger partial charge on any atom is -0.542 e. The molecule has 0 aromatic rings. The highest BCUT2D eigenvalue weighted by Crippen LogP contribution is 2.04. The Balaban J connectivity index is 4.13. The van der Waals surface area contributed by atoms with Crippen molar-refractivity contribution >= 4 is 11.8 Å². The minimum absolute atomic E-state index is 0.808. The number of aliphatic carboxylic acids is 1. The predicted molar refractivity (Wildman–Crippen MR) is 39.7 cm³/mol. The molecule has 0 amide bonds. The van der Waals surface area contributed by atoms with Crippen molar-refractivity contribution in [1.29, 1.82) is 0 Å². The van der Waals surface area contributed by atoms with E-state index in [1.807, 2.05) is 0 Å². The number of hydrogen-bond acceptors (Lipinski definition) is 7. The zero-order valence-electron chi connectivity index (χ0n) is 7.16. The smallest absolute Gasteiger partial charge is 0.180 e. The summed E-state index contributed by atoms with van der Waals surface area (Å²) in [5.41, 5.74) is 0. The third-order valence-electron chi connectivity index (χ3n) is 1.60. The standard InChI is InChI=1S/C7H12O7/c8-2-5(11)6(12)3(9)1-4(10)7(13)14/h3,5-6,8-9,11-12H,1-2H2,(H,13,14)/p-1/t3-,5+,6+/m0/s1. The second kappa shape index (κ2) is 5.66. The van der Waals surface area contributed by atoms with Crippen LogP contribution in [0.1, 0.15) is 6.42 Å². The van der Waals surface area contributed by atoms with Crippen molar-refractivity contribution in [3.63, 3.8) is 0 Å². The van der Waals surface area contributed by atoms with Crippen LogP contribution in [0.2, 0.25) is 0 Å². The Bertz CT molecular complexity index is 214. The first-order chi connectivity index (χ1) is 6.40. The van der Waals surface area contributed by atoms with Crippen LogP contribution in [0.15, 0.2) is 0 Å². The average molecular weight is 207 g/mol. The number of ketones is 1. The summed E-state index contributed by atoms with van der Waals surface area (Å²) < 4.78 is 0. The summed E-state index contributed by atoms with van der Waals surface area (Å²) in [4.78, 5) is 20.4. The van der Waals surface area contributed by atoms with Crippen LogP contribution in [-0.4, -0.2) is 57.1 Å². The highest BCUT2D eigenvalue weighted by Gasteiger charge is 2.26. The van der Waals surface area contributed by atoms with Crippen molar-refractivity contribution in [3.05, 3.63) is 0 Å². The molecule has 0 aromatic carbocycles. The molecule has 4 N–H and O–H groups in total. The number of aliphatic hydroxyl groups excluding tert-OH is 4. The van der Waals surface area contributed by atoms with Crippen molar-refractivity contribution in [2.24, 2.45) is 0 Å². The molecule has 0 rings (SSSR count). The van der Waals surface area contributed by atoms with Crippen LogP contribution in [0.3, 0.4) is 0 Å². The molecule has 0 unspecified atom stereocenters. The molecular weight excluding hydrogens is 196 g/mol. The van der Waals surface area contributed by atoms with Gasteiger partial charge in [0.2, 0.25) is 0 Å². The van der Waals surface area contributed by atoms with Crippen molar-refractivity contribution in [1.82, 2.24) is 0 Å². The molecule has 0 saturated carbocycles. The summed E-state index contributed by atoms with van der Waals surface area (Å²) in [5, 5.41) is 45.1. The Morgan fingerprint density at radius 1 is 1.14 bits per heavy atom. The lowest BCUT2D eigenvalue weighted by Gasteiger charge is -2.20. The van der Waals surface area contributed by atoms with Gasteiger partial charge in [-0.15, -0.1) is 0 Å². The Morgan fingerprint density at radius 2 is 1.64 bits per heavy atom. The highest BCUT2D eigenvalue weighted by atomic mass is 16.4. The molecular formula is C7H11O7-. The van der Waals surface area contributed by atoms with Crippen LogP contribution in [-0.2, 0) is 9.59 Å². The molecule has 0 radical (unpaired) electrons. The number of carbonyl (C=O) groups is 2. The molecule has 0 heterocycles. The quantitative estimate of drug-likeness (QED) is 0.324. The fraction of sp³-hybridized carbons (Fsp3) is 0.714. The van der Waals surface area contributed by atoms with Gasteiger partial charge < -0.3 is 30.3 Å². The van der Waals surface area contributed by atoms with E-state index in [1.165, 1.54) is 0 Å². The molecule has 3 atom stereocenters. The highest BCUT2D eigenvalue weighted by molar-refractivity contribution is 6.31. The maximum atomic E-state index is 10.5. The van der Waals surface area contributed by atoms with Crippen LogP contribution in [0, 0.1) is 0 Å². The maximum absolute atomic E-state index is 10.5. The van der Waals surface area contributed by atoms with Crippen LogP contribution in [0.25, 0.3) is 0 Å². The summed E-state index contributed by atoms with van der Waals surface area (Å²) in [6.07, 6.45) is -6.02. The average Bonchev–Trinajstić information content (AvgIpc) is 2.14. The molecule has 7 heteroatoms. The first kappa shape index (κ1) is 13.0. The molecule has 14 heavy (non-hydrogen) atoms. The molecule has 0 fully saturated rings. The van der Waals surface area contributed by atoms with Crippen molar-refractivity contribution in [2.45, 2.75) is 24.7 Å². The SMILES string of the molecule is O=C([O-])C(=O)C[C@H](O)[C@@H](O)[C@H](O)CO. The first-order valence-corrected chi connectivity index (χ1v) is 3.79. The summed E-state index contributed by atoms with van der Waals surface area (Å²) in [5.74, 6) is -3.36. The van der Waals surface area contributed by atoms with Crippen LogP contribution in [0.4, 0.5) is 0 Å². The van der Waals surface area contributed by atoms with Gasteiger partial charge in [0.05, 0.1) is 12.7 Å². The lowest BCUT2D eigenvalue weighted by atomic mass is 10.0. The molecule has 0 spiro atoms. The molecule has 0 aromatic heterocycles. The maximum Gasteiger partial charge on any atom is 0.180 e. The van der Waals surface area contributed by atoms with Crippen LogP contribution < -0.4 is 5.11 Å². The van der Waals surface area contributed by atoms with E-state index in [9.17, 15) is 14.7 Å². The van der Waals surface area contributed by atoms with Gasteiger partial charge in [0.15, 0.2) is 5.78 Å². The van der Waals surface area contributed by atoms with Gasteiger partial charge >= 0.3 is 0 Å². The summed E-state index contributed by atoms with van der Waals surface area (Å²) in [6, 6.07) is 0. The van der Waals surface area contributed by atoms with E-state index in [2.05, 4.69) is 0 Å². The number of aliphatic hydroxyl groups is 4. The van der Waals surface area contributed by atoms with E-state index in [-0.39, 0.29) is 0 Å². The van der Waals surface area contributed by atoms with Crippen LogP contribution >= 0.6 is 0 Å². The number of rotatable bonds is 6. The zero-order chi connectivity index (χ0) is 11.3. The Labute approximate surface area is 79.2 Å². The Kier molecular flexibility index (Phi) is 5.24.